The van der Waals surface area contributed by atoms with Gasteiger partial charge in [-0.15, -0.1) is 0 Å². The summed E-state index contributed by atoms with van der Waals surface area (Å²) in [6, 6.07) is 4.85. The summed E-state index contributed by atoms with van der Waals surface area (Å²) in [6.45, 7) is 0. The number of rotatable bonds is 5. The first-order valence-electron chi connectivity index (χ1n) is 7.88. The molecule has 2 aromatic rings. The fourth-order valence-electron chi connectivity index (χ4n) is 2.79. The molecule has 0 spiro atoms. The monoisotopic (exact) mass is 331 g/mol. The molecule has 0 aromatic carbocycles. The molecule has 24 heavy (non-hydrogen) atoms. The first-order valence-corrected chi connectivity index (χ1v) is 7.88. The quantitative estimate of drug-likeness (QED) is 0.874. The SMILES string of the molecule is COc1cccc(NC(=O)N[C@@H]2CCC[C@@H]2Oc2cnn(C)c2)n1. The summed E-state index contributed by atoms with van der Waals surface area (Å²) in [5.41, 5.74) is 0. The maximum atomic E-state index is 12.2. The van der Waals surface area contributed by atoms with E-state index in [9.17, 15) is 4.79 Å². The van der Waals surface area contributed by atoms with E-state index in [1.54, 1.807) is 29.1 Å². The maximum absolute atomic E-state index is 12.2. The van der Waals surface area contributed by atoms with E-state index in [1.165, 1.54) is 7.11 Å². The lowest BCUT2D eigenvalue weighted by Gasteiger charge is -2.21. The molecule has 3 rings (SSSR count). The average molecular weight is 331 g/mol. The molecule has 0 unspecified atom stereocenters. The minimum absolute atomic E-state index is 0.0455. The van der Waals surface area contributed by atoms with Crippen LogP contribution in [0.15, 0.2) is 30.6 Å². The molecule has 0 bridgehead atoms. The zero-order chi connectivity index (χ0) is 16.9. The Kier molecular flexibility index (Phi) is 4.83. The van der Waals surface area contributed by atoms with Crippen molar-refractivity contribution in [3.8, 4) is 11.6 Å². The molecule has 2 N–H and O–H groups in total. The van der Waals surface area contributed by atoms with Gasteiger partial charge in [0, 0.05) is 13.1 Å². The van der Waals surface area contributed by atoms with Gasteiger partial charge in [-0.05, 0) is 25.3 Å². The standard InChI is InChI=1S/C16H21N5O3/c1-21-10-11(9-17-21)24-13-6-3-5-12(13)18-16(22)20-14-7-4-8-15(19-14)23-2/h4,7-10,12-13H,3,5-6H2,1-2H3,(H2,18,19,20,22)/t12-,13+/m1/s1. The molecule has 8 nitrogen and oxygen atoms in total. The largest absolute Gasteiger partial charge is 0.485 e. The Morgan fingerprint density at radius 3 is 3.00 bits per heavy atom. The van der Waals surface area contributed by atoms with Gasteiger partial charge in [0.1, 0.15) is 11.9 Å². The number of ether oxygens (including phenoxy) is 2. The van der Waals surface area contributed by atoms with E-state index in [2.05, 4.69) is 20.7 Å². The van der Waals surface area contributed by atoms with E-state index in [-0.39, 0.29) is 18.2 Å². The van der Waals surface area contributed by atoms with E-state index in [0.29, 0.717) is 17.4 Å². The fourth-order valence-corrected chi connectivity index (χ4v) is 2.79. The normalized spacial score (nSPS) is 19.8. The molecule has 2 amide bonds. The molecule has 8 heteroatoms. The summed E-state index contributed by atoms with van der Waals surface area (Å²) < 4.78 is 12.7. The number of amides is 2. The molecule has 2 heterocycles. The molecular formula is C16H21N5O3. The molecular weight excluding hydrogens is 310 g/mol. The van der Waals surface area contributed by atoms with Gasteiger partial charge in [-0.25, -0.2) is 4.79 Å². The average Bonchev–Trinajstić information content (AvgIpc) is 3.17. The molecule has 1 aliphatic rings. The van der Waals surface area contributed by atoms with E-state index >= 15 is 0 Å². The van der Waals surface area contributed by atoms with Crippen molar-refractivity contribution < 1.29 is 14.3 Å². The topological polar surface area (TPSA) is 90.3 Å². The summed E-state index contributed by atoms with van der Waals surface area (Å²) in [6.07, 6.45) is 6.22. The van der Waals surface area contributed by atoms with Gasteiger partial charge in [0.05, 0.1) is 25.5 Å². The first kappa shape index (κ1) is 16.1. The number of carbonyl (C=O) groups excluding carboxylic acids is 1. The molecule has 1 aliphatic carbocycles. The number of hydrogen-bond acceptors (Lipinski definition) is 5. The van der Waals surface area contributed by atoms with Gasteiger partial charge < -0.3 is 14.8 Å². The van der Waals surface area contributed by atoms with Crippen molar-refractivity contribution in [2.45, 2.75) is 31.4 Å². The van der Waals surface area contributed by atoms with Crippen molar-refractivity contribution in [2.24, 2.45) is 7.05 Å². The first-order chi connectivity index (χ1) is 11.6. The Labute approximate surface area is 140 Å². The van der Waals surface area contributed by atoms with Crippen molar-refractivity contribution in [2.75, 3.05) is 12.4 Å². The minimum atomic E-state index is -0.303. The van der Waals surface area contributed by atoms with Crippen LogP contribution in [0.1, 0.15) is 19.3 Å². The van der Waals surface area contributed by atoms with Crippen LogP contribution < -0.4 is 20.1 Å². The second kappa shape index (κ2) is 7.20. The Morgan fingerprint density at radius 2 is 2.25 bits per heavy atom. The minimum Gasteiger partial charge on any atom is -0.485 e. The van der Waals surface area contributed by atoms with Gasteiger partial charge >= 0.3 is 6.03 Å². The van der Waals surface area contributed by atoms with Gasteiger partial charge in [0.25, 0.3) is 0 Å². The highest BCUT2D eigenvalue weighted by Crippen LogP contribution is 2.24. The highest BCUT2D eigenvalue weighted by atomic mass is 16.5. The Hall–Kier alpha value is -2.77. The molecule has 1 fully saturated rings. The number of urea groups is 1. The van der Waals surface area contributed by atoms with E-state index in [1.807, 2.05) is 13.2 Å². The third-order valence-corrected chi connectivity index (χ3v) is 3.91. The van der Waals surface area contributed by atoms with Gasteiger partial charge in [0.15, 0.2) is 5.75 Å². The second-order valence-electron chi connectivity index (χ2n) is 5.71. The lowest BCUT2D eigenvalue weighted by molar-refractivity contribution is 0.175. The van der Waals surface area contributed by atoms with Crippen molar-refractivity contribution in [3.63, 3.8) is 0 Å². The van der Waals surface area contributed by atoms with Crippen LogP contribution in [0.2, 0.25) is 0 Å². The second-order valence-corrected chi connectivity index (χ2v) is 5.71. The van der Waals surface area contributed by atoms with Crippen LogP contribution in [0.3, 0.4) is 0 Å². The number of pyridine rings is 1. The van der Waals surface area contributed by atoms with Crippen molar-refractivity contribution >= 4 is 11.8 Å². The smallest absolute Gasteiger partial charge is 0.320 e. The Morgan fingerprint density at radius 1 is 1.38 bits per heavy atom. The van der Waals surface area contributed by atoms with Crippen LogP contribution in [0.4, 0.5) is 10.6 Å². The molecule has 128 valence electrons. The number of anilines is 1. The van der Waals surface area contributed by atoms with Crippen molar-refractivity contribution in [1.82, 2.24) is 20.1 Å². The number of nitrogens with zero attached hydrogens (tertiary/aromatic N) is 3. The molecule has 0 aliphatic heterocycles. The predicted molar refractivity (Wildman–Crippen MR) is 88.2 cm³/mol. The molecule has 2 aromatic heterocycles. The van der Waals surface area contributed by atoms with Gasteiger partial charge in [-0.3, -0.25) is 10.00 Å². The third kappa shape index (κ3) is 3.95. The van der Waals surface area contributed by atoms with E-state index in [0.717, 1.165) is 19.3 Å². The maximum Gasteiger partial charge on any atom is 0.320 e. The van der Waals surface area contributed by atoms with Crippen LogP contribution in [0.5, 0.6) is 11.6 Å². The summed E-state index contributed by atoms with van der Waals surface area (Å²) >= 11 is 0. The predicted octanol–water partition coefficient (Wildman–Crippen LogP) is 1.95. The summed E-state index contributed by atoms with van der Waals surface area (Å²) in [7, 11) is 3.37. The highest BCUT2D eigenvalue weighted by molar-refractivity contribution is 5.88. The summed E-state index contributed by atoms with van der Waals surface area (Å²) in [4.78, 5) is 16.4. The highest BCUT2D eigenvalue weighted by Gasteiger charge is 2.30. The Bertz CT molecular complexity index is 703. The molecule has 0 saturated heterocycles. The fraction of sp³-hybridized carbons (Fsp3) is 0.438. The number of carbonyl (C=O) groups is 1. The van der Waals surface area contributed by atoms with Gasteiger partial charge in [-0.1, -0.05) is 6.07 Å². The van der Waals surface area contributed by atoms with Crippen LogP contribution >= 0.6 is 0 Å². The van der Waals surface area contributed by atoms with Crippen LogP contribution in [-0.4, -0.2) is 40.1 Å². The van der Waals surface area contributed by atoms with Crippen LogP contribution in [0, 0.1) is 0 Å². The number of nitrogens with one attached hydrogen (secondary N) is 2. The summed E-state index contributed by atoms with van der Waals surface area (Å²) in [5.74, 6) is 1.60. The lowest BCUT2D eigenvalue weighted by Crippen LogP contribution is -2.44. The zero-order valence-corrected chi connectivity index (χ0v) is 13.7. The zero-order valence-electron chi connectivity index (χ0n) is 13.7. The molecule has 2 atom stereocenters. The van der Waals surface area contributed by atoms with Gasteiger partial charge in [0.2, 0.25) is 5.88 Å². The third-order valence-electron chi connectivity index (χ3n) is 3.91. The number of aromatic nitrogens is 3. The molecule has 0 radical (unpaired) electrons. The summed E-state index contributed by atoms with van der Waals surface area (Å²) in [5, 5.41) is 9.77. The van der Waals surface area contributed by atoms with Crippen molar-refractivity contribution in [1.29, 1.82) is 0 Å². The van der Waals surface area contributed by atoms with Gasteiger partial charge in [-0.2, -0.15) is 10.1 Å². The van der Waals surface area contributed by atoms with Crippen LogP contribution in [-0.2, 0) is 7.05 Å². The number of aryl methyl sites for hydroxylation is 1. The Balaban J connectivity index is 1.56. The van der Waals surface area contributed by atoms with Crippen LogP contribution in [0.25, 0.3) is 0 Å². The van der Waals surface area contributed by atoms with E-state index < -0.39 is 0 Å². The molecule has 1 saturated carbocycles. The lowest BCUT2D eigenvalue weighted by atomic mass is 10.2. The number of methoxy groups -OCH3 is 1. The van der Waals surface area contributed by atoms with E-state index in [4.69, 9.17) is 9.47 Å². The number of hydrogen-bond donors (Lipinski definition) is 2. The van der Waals surface area contributed by atoms with Crippen molar-refractivity contribution in [3.05, 3.63) is 30.6 Å².